The van der Waals surface area contributed by atoms with Crippen LogP contribution in [0.5, 0.6) is 0 Å². The van der Waals surface area contributed by atoms with Crippen LogP contribution in [0.3, 0.4) is 0 Å². The number of hydrogen-bond donors (Lipinski definition) is 1. The van der Waals surface area contributed by atoms with E-state index in [1.807, 2.05) is 13.8 Å². The highest BCUT2D eigenvalue weighted by Gasteiger charge is 2.48. The molecule has 1 fully saturated rings. The van der Waals surface area contributed by atoms with Gasteiger partial charge in [0.2, 0.25) is 0 Å². The van der Waals surface area contributed by atoms with Crippen LogP contribution in [0.1, 0.15) is 33.1 Å². The Balaban J connectivity index is 2.66. The zero-order valence-electron chi connectivity index (χ0n) is 8.56. The van der Waals surface area contributed by atoms with E-state index in [-0.39, 0.29) is 5.41 Å². The maximum absolute atomic E-state index is 12.0. The van der Waals surface area contributed by atoms with E-state index in [1.165, 1.54) is 0 Å². The van der Waals surface area contributed by atoms with Gasteiger partial charge in [0.05, 0.1) is 0 Å². The van der Waals surface area contributed by atoms with E-state index < -0.39 is 21.6 Å². The lowest BCUT2D eigenvalue weighted by atomic mass is 9.92. The molecule has 1 atom stereocenters. The molecule has 1 N–H and O–H groups in total. The summed E-state index contributed by atoms with van der Waals surface area (Å²) in [6, 6.07) is -0.591. The minimum absolute atomic E-state index is 0.0845. The summed E-state index contributed by atoms with van der Waals surface area (Å²) in [7, 11) is -5.18. The van der Waals surface area contributed by atoms with Gasteiger partial charge in [-0.1, -0.05) is 13.8 Å². The van der Waals surface area contributed by atoms with Gasteiger partial charge in [-0.2, -0.15) is 13.2 Å². The molecular weight excluding hydrogens is 231 g/mol. The van der Waals surface area contributed by atoms with E-state index in [0.29, 0.717) is 12.8 Å². The van der Waals surface area contributed by atoms with Crippen molar-refractivity contribution in [3.05, 3.63) is 0 Å². The average molecular weight is 245 g/mol. The Bertz CT molecular complexity index is 334. The van der Waals surface area contributed by atoms with Crippen LogP contribution in [0.25, 0.3) is 0 Å². The van der Waals surface area contributed by atoms with Gasteiger partial charge >= 0.3 is 15.5 Å². The third-order valence-electron chi connectivity index (χ3n) is 2.60. The highest BCUT2D eigenvalue weighted by atomic mass is 32.2. The Kier molecular flexibility index (Phi) is 3.08. The Morgan fingerprint density at radius 2 is 1.87 bits per heavy atom. The van der Waals surface area contributed by atoms with Crippen molar-refractivity contribution in [1.29, 1.82) is 0 Å². The Morgan fingerprint density at radius 3 is 2.20 bits per heavy atom. The van der Waals surface area contributed by atoms with Crippen molar-refractivity contribution in [3.63, 3.8) is 0 Å². The molecule has 90 valence electrons. The molecule has 1 unspecified atom stereocenters. The van der Waals surface area contributed by atoms with Gasteiger partial charge in [-0.25, -0.2) is 13.1 Å². The smallest absolute Gasteiger partial charge is 0.204 e. The standard InChI is InChI=1S/C8H14F3NO2S/c1-7(2)4-3-6(5-7)12-15(13,14)8(9,10)11/h6,12H,3-5H2,1-2H3. The molecule has 0 aromatic carbocycles. The predicted octanol–water partition coefficient (Wildman–Crippen LogP) is 2.00. The van der Waals surface area contributed by atoms with Crippen molar-refractivity contribution in [1.82, 2.24) is 4.72 Å². The molecule has 0 radical (unpaired) electrons. The van der Waals surface area contributed by atoms with Gasteiger partial charge < -0.3 is 0 Å². The number of halogens is 3. The number of alkyl halides is 3. The highest BCUT2D eigenvalue weighted by molar-refractivity contribution is 7.90. The molecule has 0 amide bonds. The van der Waals surface area contributed by atoms with Crippen LogP contribution in [0.15, 0.2) is 0 Å². The summed E-state index contributed by atoms with van der Waals surface area (Å²) in [6.45, 7) is 3.82. The fourth-order valence-corrected chi connectivity index (χ4v) is 2.60. The summed E-state index contributed by atoms with van der Waals surface area (Å²) in [5.74, 6) is 0. The topological polar surface area (TPSA) is 46.2 Å². The molecule has 1 rings (SSSR count). The van der Waals surface area contributed by atoms with E-state index in [1.54, 1.807) is 4.72 Å². The summed E-state index contributed by atoms with van der Waals surface area (Å²) in [5.41, 5.74) is -5.29. The van der Waals surface area contributed by atoms with Gasteiger partial charge in [-0.15, -0.1) is 0 Å². The van der Waals surface area contributed by atoms with Gasteiger partial charge in [-0.3, -0.25) is 0 Å². The Morgan fingerprint density at radius 1 is 1.33 bits per heavy atom. The molecule has 0 aliphatic heterocycles. The molecular formula is C8H14F3NO2S. The maximum atomic E-state index is 12.0. The van der Waals surface area contributed by atoms with Gasteiger partial charge in [0, 0.05) is 6.04 Å². The molecule has 1 aliphatic rings. The number of rotatable bonds is 2. The van der Waals surface area contributed by atoms with Gasteiger partial charge in [0.1, 0.15) is 0 Å². The average Bonchev–Trinajstić information content (AvgIpc) is 2.26. The summed E-state index contributed by atoms with van der Waals surface area (Å²) in [4.78, 5) is 0. The second-order valence-corrected chi connectivity index (χ2v) is 6.38. The summed E-state index contributed by atoms with van der Waals surface area (Å²) < 4.78 is 59.4. The lowest BCUT2D eigenvalue weighted by Crippen LogP contribution is -2.41. The fourth-order valence-electron chi connectivity index (χ4n) is 1.82. The predicted molar refractivity (Wildman–Crippen MR) is 49.5 cm³/mol. The molecule has 7 heteroatoms. The number of nitrogens with one attached hydrogen (secondary N) is 1. The van der Waals surface area contributed by atoms with Crippen molar-refractivity contribution in [3.8, 4) is 0 Å². The minimum atomic E-state index is -5.21. The zero-order chi connectivity index (χ0) is 11.9. The first-order valence-corrected chi connectivity index (χ1v) is 6.10. The van der Waals surface area contributed by atoms with Crippen LogP contribution < -0.4 is 4.72 Å². The fraction of sp³-hybridized carbons (Fsp3) is 1.00. The van der Waals surface area contributed by atoms with E-state index in [9.17, 15) is 21.6 Å². The van der Waals surface area contributed by atoms with Gasteiger partial charge in [-0.05, 0) is 24.7 Å². The maximum Gasteiger partial charge on any atom is 0.511 e. The molecule has 0 aromatic rings. The molecule has 0 bridgehead atoms. The largest absolute Gasteiger partial charge is 0.511 e. The quantitative estimate of drug-likeness (QED) is 0.808. The Hall–Kier alpha value is -0.300. The van der Waals surface area contributed by atoms with Crippen molar-refractivity contribution in [2.75, 3.05) is 0 Å². The monoisotopic (exact) mass is 245 g/mol. The normalized spacial score (nSPS) is 26.9. The molecule has 3 nitrogen and oxygen atoms in total. The first kappa shape index (κ1) is 12.8. The van der Waals surface area contributed by atoms with Crippen molar-refractivity contribution < 1.29 is 21.6 Å². The van der Waals surface area contributed by atoms with Crippen LogP contribution in [-0.2, 0) is 10.0 Å². The molecule has 0 aromatic heterocycles. The molecule has 15 heavy (non-hydrogen) atoms. The molecule has 1 aliphatic carbocycles. The van der Waals surface area contributed by atoms with Crippen LogP contribution >= 0.6 is 0 Å². The lowest BCUT2D eigenvalue weighted by molar-refractivity contribution is -0.0451. The van der Waals surface area contributed by atoms with Gasteiger partial charge in [0.15, 0.2) is 0 Å². The number of sulfonamides is 1. The van der Waals surface area contributed by atoms with Crippen molar-refractivity contribution in [2.45, 2.75) is 44.7 Å². The van der Waals surface area contributed by atoms with Gasteiger partial charge in [0.25, 0.3) is 0 Å². The second-order valence-electron chi connectivity index (χ2n) is 4.67. The summed E-state index contributed by atoms with van der Waals surface area (Å²) in [5, 5.41) is 0. The second kappa shape index (κ2) is 3.62. The van der Waals surface area contributed by atoms with Crippen molar-refractivity contribution >= 4 is 10.0 Å². The van der Waals surface area contributed by atoms with E-state index >= 15 is 0 Å². The molecule has 0 spiro atoms. The van der Waals surface area contributed by atoms with Crippen LogP contribution in [0.2, 0.25) is 0 Å². The first-order chi connectivity index (χ1) is 6.54. The SMILES string of the molecule is CC1(C)CCC(NS(=O)(=O)C(F)(F)F)C1. The van der Waals surface area contributed by atoms with E-state index in [4.69, 9.17) is 0 Å². The summed E-state index contributed by atoms with van der Waals surface area (Å²) in [6.07, 6.45) is 1.64. The summed E-state index contributed by atoms with van der Waals surface area (Å²) >= 11 is 0. The van der Waals surface area contributed by atoms with E-state index in [0.717, 1.165) is 6.42 Å². The Labute approximate surface area is 87.1 Å². The third-order valence-corrected chi connectivity index (χ3v) is 3.85. The molecule has 0 saturated heterocycles. The lowest BCUT2D eigenvalue weighted by Gasteiger charge is -2.18. The molecule has 0 heterocycles. The van der Waals surface area contributed by atoms with Crippen LogP contribution in [-0.4, -0.2) is 20.0 Å². The van der Waals surface area contributed by atoms with E-state index in [2.05, 4.69) is 0 Å². The van der Waals surface area contributed by atoms with Crippen LogP contribution in [0, 0.1) is 5.41 Å². The van der Waals surface area contributed by atoms with Crippen molar-refractivity contribution in [2.24, 2.45) is 5.41 Å². The first-order valence-electron chi connectivity index (χ1n) is 4.62. The highest BCUT2D eigenvalue weighted by Crippen LogP contribution is 2.38. The van der Waals surface area contributed by atoms with Crippen LogP contribution in [0.4, 0.5) is 13.2 Å². The molecule has 1 saturated carbocycles. The third kappa shape index (κ3) is 3.07. The zero-order valence-corrected chi connectivity index (χ0v) is 9.37. The number of hydrogen-bond acceptors (Lipinski definition) is 2. The minimum Gasteiger partial charge on any atom is -0.204 e.